The molecule has 7 heteroatoms. The molecule has 21 heavy (non-hydrogen) atoms. The summed E-state index contributed by atoms with van der Waals surface area (Å²) >= 11 is 11.9. The normalized spacial score (nSPS) is 12.4. The minimum atomic E-state index is -0.344. The van der Waals surface area contributed by atoms with Crippen molar-refractivity contribution in [3.05, 3.63) is 38.9 Å². The van der Waals surface area contributed by atoms with Gasteiger partial charge in [-0.3, -0.25) is 14.2 Å². The molecule has 5 nitrogen and oxygen atoms in total. The topological polar surface area (TPSA) is 64.0 Å². The third-order valence-corrected chi connectivity index (χ3v) is 3.69. The fraction of sp³-hybridized carbons (Fsp3) is 0.357. The van der Waals surface area contributed by atoms with Gasteiger partial charge >= 0.3 is 0 Å². The zero-order valence-electron chi connectivity index (χ0n) is 11.7. The van der Waals surface area contributed by atoms with Gasteiger partial charge in [0.15, 0.2) is 0 Å². The number of aromatic nitrogens is 2. The summed E-state index contributed by atoms with van der Waals surface area (Å²) in [5.41, 5.74) is 0.0355. The third kappa shape index (κ3) is 3.54. The summed E-state index contributed by atoms with van der Waals surface area (Å²) in [6, 6.07) is 3.09. The molecule has 0 unspecified atom stereocenters. The maximum Gasteiger partial charge on any atom is 0.261 e. The van der Waals surface area contributed by atoms with Crippen LogP contribution in [0.1, 0.15) is 20.3 Å². The van der Waals surface area contributed by atoms with E-state index in [-0.39, 0.29) is 24.1 Å². The molecule has 0 saturated carbocycles. The molecule has 0 fully saturated rings. The molecule has 0 spiro atoms. The first-order valence-electron chi connectivity index (χ1n) is 6.56. The summed E-state index contributed by atoms with van der Waals surface area (Å²) in [4.78, 5) is 28.3. The Morgan fingerprint density at radius 2 is 2.14 bits per heavy atom. The van der Waals surface area contributed by atoms with Gasteiger partial charge in [-0.25, -0.2) is 4.98 Å². The molecular weight excluding hydrogens is 313 g/mol. The summed E-state index contributed by atoms with van der Waals surface area (Å²) in [5, 5.41) is 3.76. The zero-order valence-corrected chi connectivity index (χ0v) is 13.2. The predicted octanol–water partition coefficient (Wildman–Crippen LogP) is 2.62. The Kier molecular flexibility index (Phi) is 4.85. The second kappa shape index (κ2) is 6.45. The summed E-state index contributed by atoms with van der Waals surface area (Å²) in [6.07, 6.45) is 2.14. The number of nitrogens with zero attached hydrogens (tertiary/aromatic N) is 2. The number of amides is 1. The number of carbonyl (C=O) groups excluding carboxylic acids is 1. The van der Waals surface area contributed by atoms with Crippen molar-refractivity contribution >= 4 is 40.0 Å². The van der Waals surface area contributed by atoms with E-state index < -0.39 is 0 Å². The molecule has 1 heterocycles. The Hall–Kier alpha value is -1.59. The number of rotatable bonds is 4. The van der Waals surface area contributed by atoms with Crippen molar-refractivity contribution in [2.45, 2.75) is 32.9 Å². The standard InChI is InChI=1S/C14H15Cl2N3O2/c1-3-8(2)18-12(20)6-19-7-17-13-10(14(19)21)4-9(15)5-11(13)16/h4-5,7-8H,3,6H2,1-2H3,(H,18,20)/t8-/m1/s1. The Balaban J connectivity index is 2.36. The van der Waals surface area contributed by atoms with Gasteiger partial charge in [0.1, 0.15) is 6.54 Å². The maximum absolute atomic E-state index is 12.3. The lowest BCUT2D eigenvalue weighted by Crippen LogP contribution is -2.37. The molecule has 1 aromatic heterocycles. The molecule has 0 bridgehead atoms. The van der Waals surface area contributed by atoms with Crippen LogP contribution in [0.3, 0.4) is 0 Å². The van der Waals surface area contributed by atoms with E-state index in [0.29, 0.717) is 20.9 Å². The number of hydrogen-bond donors (Lipinski definition) is 1. The molecule has 0 aliphatic carbocycles. The first-order valence-corrected chi connectivity index (χ1v) is 7.31. The summed E-state index contributed by atoms with van der Waals surface area (Å²) in [6.45, 7) is 3.79. The van der Waals surface area contributed by atoms with Crippen LogP contribution in [0.5, 0.6) is 0 Å². The second-order valence-electron chi connectivity index (χ2n) is 4.84. The van der Waals surface area contributed by atoms with Crippen LogP contribution in [0, 0.1) is 0 Å². The maximum atomic E-state index is 12.3. The first-order chi connectivity index (χ1) is 9.92. The molecule has 1 N–H and O–H groups in total. The molecule has 2 aromatic rings. The van der Waals surface area contributed by atoms with E-state index in [9.17, 15) is 9.59 Å². The van der Waals surface area contributed by atoms with E-state index in [0.717, 1.165) is 6.42 Å². The lowest BCUT2D eigenvalue weighted by atomic mass is 10.2. The van der Waals surface area contributed by atoms with E-state index in [2.05, 4.69) is 10.3 Å². The van der Waals surface area contributed by atoms with E-state index in [1.807, 2.05) is 13.8 Å². The average Bonchev–Trinajstić information content (AvgIpc) is 2.42. The minimum Gasteiger partial charge on any atom is -0.352 e. The van der Waals surface area contributed by atoms with E-state index >= 15 is 0 Å². The highest BCUT2D eigenvalue weighted by atomic mass is 35.5. The highest BCUT2D eigenvalue weighted by Crippen LogP contribution is 2.23. The van der Waals surface area contributed by atoms with Crippen molar-refractivity contribution in [3.8, 4) is 0 Å². The average molecular weight is 328 g/mol. The van der Waals surface area contributed by atoms with E-state index in [1.54, 1.807) is 0 Å². The molecule has 0 radical (unpaired) electrons. The quantitative estimate of drug-likeness (QED) is 0.938. The number of carbonyl (C=O) groups is 1. The molecular formula is C14H15Cl2N3O2. The van der Waals surface area contributed by atoms with Crippen molar-refractivity contribution < 1.29 is 4.79 Å². The van der Waals surface area contributed by atoms with Gasteiger partial charge in [0, 0.05) is 11.1 Å². The van der Waals surface area contributed by atoms with Crippen LogP contribution in [0.4, 0.5) is 0 Å². The highest BCUT2D eigenvalue weighted by molar-refractivity contribution is 6.38. The molecule has 1 atom stereocenters. The summed E-state index contributed by atoms with van der Waals surface area (Å²) in [7, 11) is 0. The van der Waals surface area contributed by atoms with Crippen molar-refractivity contribution in [3.63, 3.8) is 0 Å². The van der Waals surface area contributed by atoms with Gasteiger partial charge in [0.2, 0.25) is 5.91 Å². The Bertz CT molecular complexity index is 743. The third-order valence-electron chi connectivity index (χ3n) is 3.18. The second-order valence-corrected chi connectivity index (χ2v) is 5.68. The van der Waals surface area contributed by atoms with Gasteiger partial charge in [-0.1, -0.05) is 30.1 Å². The SMILES string of the molecule is CC[C@@H](C)NC(=O)Cn1cnc2c(Cl)cc(Cl)cc2c1=O. The molecule has 2 rings (SSSR count). The smallest absolute Gasteiger partial charge is 0.261 e. The molecule has 0 aliphatic rings. The van der Waals surface area contributed by atoms with Crippen LogP contribution < -0.4 is 10.9 Å². The van der Waals surface area contributed by atoms with Gasteiger partial charge in [-0.2, -0.15) is 0 Å². The molecule has 112 valence electrons. The van der Waals surface area contributed by atoms with Gasteiger partial charge in [-0.05, 0) is 25.5 Å². The van der Waals surface area contributed by atoms with Gasteiger partial charge < -0.3 is 5.32 Å². The van der Waals surface area contributed by atoms with Crippen LogP contribution in [-0.2, 0) is 11.3 Å². The van der Waals surface area contributed by atoms with Crippen LogP contribution in [0.2, 0.25) is 10.0 Å². The molecule has 1 amide bonds. The minimum absolute atomic E-state index is 0.0607. The largest absolute Gasteiger partial charge is 0.352 e. The van der Waals surface area contributed by atoms with Gasteiger partial charge in [0.05, 0.1) is 22.3 Å². The monoisotopic (exact) mass is 327 g/mol. The molecule has 1 aromatic carbocycles. The lowest BCUT2D eigenvalue weighted by molar-refractivity contribution is -0.122. The van der Waals surface area contributed by atoms with Gasteiger partial charge in [-0.15, -0.1) is 0 Å². The summed E-state index contributed by atoms with van der Waals surface area (Å²) < 4.78 is 1.24. The fourth-order valence-electron chi connectivity index (χ4n) is 1.88. The number of nitrogens with one attached hydrogen (secondary N) is 1. The van der Waals surface area contributed by atoms with Crippen LogP contribution >= 0.6 is 23.2 Å². The van der Waals surface area contributed by atoms with E-state index in [4.69, 9.17) is 23.2 Å². The highest BCUT2D eigenvalue weighted by Gasteiger charge is 2.12. The van der Waals surface area contributed by atoms with Crippen molar-refractivity contribution in [2.24, 2.45) is 0 Å². The number of benzene rings is 1. The van der Waals surface area contributed by atoms with Crippen molar-refractivity contribution in [1.82, 2.24) is 14.9 Å². The first kappa shape index (κ1) is 15.8. The molecule has 0 aliphatic heterocycles. The van der Waals surface area contributed by atoms with Crippen molar-refractivity contribution in [2.75, 3.05) is 0 Å². The van der Waals surface area contributed by atoms with Crippen molar-refractivity contribution in [1.29, 1.82) is 0 Å². The predicted molar refractivity (Wildman–Crippen MR) is 83.9 cm³/mol. The number of halogens is 2. The summed E-state index contributed by atoms with van der Waals surface area (Å²) in [5.74, 6) is -0.235. The number of hydrogen-bond acceptors (Lipinski definition) is 3. The Labute approximate surface area is 131 Å². The zero-order chi connectivity index (χ0) is 15.6. The Morgan fingerprint density at radius 3 is 2.81 bits per heavy atom. The number of fused-ring (bicyclic) bond motifs is 1. The van der Waals surface area contributed by atoms with E-state index in [1.165, 1.54) is 23.0 Å². The fourth-order valence-corrected chi connectivity index (χ4v) is 2.43. The van der Waals surface area contributed by atoms with Crippen LogP contribution in [0.15, 0.2) is 23.3 Å². The molecule has 0 saturated heterocycles. The van der Waals surface area contributed by atoms with Crippen LogP contribution in [0.25, 0.3) is 10.9 Å². The Morgan fingerprint density at radius 1 is 1.43 bits per heavy atom. The lowest BCUT2D eigenvalue weighted by Gasteiger charge is -2.12. The van der Waals surface area contributed by atoms with Gasteiger partial charge in [0.25, 0.3) is 5.56 Å². The van der Waals surface area contributed by atoms with Crippen LogP contribution in [-0.4, -0.2) is 21.5 Å².